The Morgan fingerprint density at radius 3 is 2.23 bits per heavy atom. The first kappa shape index (κ1) is 20.5. The van der Waals surface area contributed by atoms with Gasteiger partial charge >= 0.3 is 17.6 Å². The van der Waals surface area contributed by atoms with E-state index in [9.17, 15) is 34.5 Å². The molecule has 0 amide bonds. The highest BCUT2D eigenvalue weighted by atomic mass is 35.5. The molecular formula is C13H15ClN2O9S. The molecule has 11 nitrogen and oxygen atoms in total. The van der Waals surface area contributed by atoms with Crippen molar-refractivity contribution in [3.8, 4) is 0 Å². The van der Waals surface area contributed by atoms with E-state index in [1.807, 2.05) is 4.98 Å². The number of nitrogens with one attached hydrogen (secondary N) is 1. The van der Waals surface area contributed by atoms with Crippen LogP contribution in [-0.2, 0) is 9.59 Å². The Labute approximate surface area is 153 Å². The van der Waals surface area contributed by atoms with Gasteiger partial charge in [0.05, 0.1) is 24.7 Å². The number of thioether (sulfide) groups is 1. The number of rotatable bonds is 6. The molecule has 0 aromatic carbocycles. The first-order chi connectivity index (χ1) is 12.0. The molecular weight excluding hydrogens is 396 g/mol. The fraction of sp³-hybridized carbons (Fsp3) is 0.538. The fourth-order valence-electron chi connectivity index (χ4n) is 2.97. The molecule has 2 rings (SSSR count). The molecule has 144 valence electrons. The maximum absolute atomic E-state index is 12.1. The van der Waals surface area contributed by atoms with Crippen molar-refractivity contribution in [3.63, 3.8) is 0 Å². The van der Waals surface area contributed by atoms with Gasteiger partial charge in [0.1, 0.15) is 21.6 Å². The number of carboxylic acid groups (broad SMARTS) is 2. The van der Waals surface area contributed by atoms with Crippen LogP contribution in [0.4, 0.5) is 0 Å². The van der Waals surface area contributed by atoms with Gasteiger partial charge in [-0.1, -0.05) is 11.6 Å². The van der Waals surface area contributed by atoms with Crippen molar-refractivity contribution < 1.29 is 35.1 Å². The van der Waals surface area contributed by atoms with Crippen LogP contribution in [0.1, 0.15) is 18.2 Å². The van der Waals surface area contributed by atoms with E-state index in [2.05, 4.69) is 0 Å². The molecule has 6 N–H and O–H groups in total. The highest BCUT2D eigenvalue weighted by Crippen LogP contribution is 2.56. The predicted octanol–water partition coefficient (Wildman–Crippen LogP) is -1.79. The minimum atomic E-state index is -2.67. The minimum absolute atomic E-state index is 0.447. The Balaban J connectivity index is 2.70. The Kier molecular flexibility index (Phi) is 5.54. The number of hydrogen-bond donors (Lipinski definition) is 6. The molecule has 0 unspecified atom stereocenters. The predicted molar refractivity (Wildman–Crippen MR) is 88.2 cm³/mol. The summed E-state index contributed by atoms with van der Waals surface area (Å²) < 4.78 is 0.694. The number of halogens is 1. The van der Waals surface area contributed by atoms with Crippen LogP contribution in [0.5, 0.6) is 0 Å². The van der Waals surface area contributed by atoms with Crippen molar-refractivity contribution in [1.29, 1.82) is 0 Å². The summed E-state index contributed by atoms with van der Waals surface area (Å²) in [6.07, 6.45) is -1.38. The van der Waals surface area contributed by atoms with E-state index < -0.39 is 69.5 Å². The summed E-state index contributed by atoms with van der Waals surface area (Å²) in [5.41, 5.74) is -7.22. The monoisotopic (exact) mass is 410 g/mol. The molecule has 1 aliphatic heterocycles. The Morgan fingerprint density at radius 1 is 1.19 bits per heavy atom. The van der Waals surface area contributed by atoms with Crippen LogP contribution in [0, 0.1) is 0 Å². The third-order valence-corrected chi connectivity index (χ3v) is 6.18. The number of hydrogen-bond acceptors (Lipinski definition) is 8. The number of aliphatic hydroxyl groups is 3. The average Bonchev–Trinajstić information content (AvgIpc) is 2.70. The molecule has 0 bridgehead atoms. The maximum atomic E-state index is 12.1. The Hall–Kier alpha value is -1.86. The standard InChI is InChI=1S/C13H15ClN2O9S/c14-5-3-16(11(23)15-9(5)22)10-13(25,2-8(20)21)12(24,1-7(18)19)6(4-17)26-10/h3,6,10,17,24-25H,1-2,4H2,(H,18,19)(H,20,21)(H,15,22,23)/t6-,10-,12-,13+/m1/s1. The van der Waals surface area contributed by atoms with Crippen LogP contribution in [0.15, 0.2) is 15.8 Å². The number of carbonyl (C=O) groups is 2. The zero-order valence-corrected chi connectivity index (χ0v) is 14.5. The second kappa shape index (κ2) is 7.04. The van der Waals surface area contributed by atoms with E-state index in [1.165, 1.54) is 0 Å². The van der Waals surface area contributed by atoms with Crippen LogP contribution in [0.2, 0.25) is 5.02 Å². The number of carboxylic acids is 2. The first-order valence-electron chi connectivity index (χ1n) is 7.12. The molecule has 0 radical (unpaired) electrons. The SMILES string of the molecule is O=C(O)C[C@@]1(O)[C@@H](CO)S[C@@H](n2cc(Cl)c(=O)[nH]c2=O)[C@@]1(O)CC(=O)O. The number of aromatic nitrogens is 2. The van der Waals surface area contributed by atoms with Crippen molar-refractivity contribution in [2.24, 2.45) is 0 Å². The Bertz CT molecular complexity index is 855. The Morgan fingerprint density at radius 2 is 1.73 bits per heavy atom. The summed E-state index contributed by atoms with van der Waals surface area (Å²) in [6, 6.07) is 0. The van der Waals surface area contributed by atoms with Crippen LogP contribution < -0.4 is 11.2 Å². The molecule has 1 aromatic rings. The van der Waals surface area contributed by atoms with E-state index in [1.54, 1.807) is 0 Å². The smallest absolute Gasteiger partial charge is 0.329 e. The zero-order valence-electron chi connectivity index (χ0n) is 13.0. The summed E-state index contributed by atoms with van der Waals surface area (Å²) in [4.78, 5) is 47.8. The number of aromatic amines is 1. The average molecular weight is 411 g/mol. The van der Waals surface area contributed by atoms with E-state index in [-0.39, 0.29) is 0 Å². The number of aliphatic hydroxyl groups excluding tert-OH is 1. The van der Waals surface area contributed by atoms with Crippen LogP contribution in [0.3, 0.4) is 0 Å². The van der Waals surface area contributed by atoms with Gasteiger partial charge in [0.15, 0.2) is 0 Å². The van der Waals surface area contributed by atoms with Crippen molar-refractivity contribution in [2.45, 2.75) is 34.7 Å². The molecule has 1 aromatic heterocycles. The van der Waals surface area contributed by atoms with Gasteiger partial charge in [-0.25, -0.2) is 4.79 Å². The summed E-state index contributed by atoms with van der Waals surface area (Å²) in [7, 11) is 0. The highest BCUT2D eigenvalue weighted by molar-refractivity contribution is 8.00. The summed E-state index contributed by atoms with van der Waals surface area (Å²) in [5, 5.41) is 46.2. The molecule has 1 aliphatic rings. The van der Waals surface area contributed by atoms with E-state index in [0.717, 1.165) is 6.20 Å². The molecule has 26 heavy (non-hydrogen) atoms. The molecule has 1 saturated heterocycles. The molecule has 0 saturated carbocycles. The zero-order chi connectivity index (χ0) is 19.9. The molecule has 0 spiro atoms. The summed E-state index contributed by atoms with van der Waals surface area (Å²) >= 11 is 6.27. The lowest BCUT2D eigenvalue weighted by Gasteiger charge is -2.40. The topological polar surface area (TPSA) is 190 Å². The van der Waals surface area contributed by atoms with Crippen molar-refractivity contribution in [1.82, 2.24) is 9.55 Å². The van der Waals surface area contributed by atoms with Crippen molar-refractivity contribution in [3.05, 3.63) is 32.1 Å². The largest absolute Gasteiger partial charge is 0.481 e. The number of aliphatic carboxylic acids is 2. The fourth-order valence-corrected chi connectivity index (χ4v) is 4.83. The third kappa shape index (κ3) is 3.25. The van der Waals surface area contributed by atoms with Gasteiger partial charge in [-0.2, -0.15) is 0 Å². The van der Waals surface area contributed by atoms with E-state index in [4.69, 9.17) is 21.8 Å². The molecule has 1 fully saturated rings. The molecule has 13 heteroatoms. The van der Waals surface area contributed by atoms with Crippen molar-refractivity contribution >= 4 is 35.3 Å². The van der Waals surface area contributed by atoms with Gasteiger partial charge in [-0.3, -0.25) is 23.9 Å². The van der Waals surface area contributed by atoms with Gasteiger partial charge < -0.3 is 25.5 Å². The van der Waals surface area contributed by atoms with Crippen LogP contribution in [-0.4, -0.2) is 70.1 Å². The molecule has 2 heterocycles. The van der Waals surface area contributed by atoms with E-state index >= 15 is 0 Å². The number of H-pyrrole nitrogens is 1. The van der Waals surface area contributed by atoms with Crippen molar-refractivity contribution in [2.75, 3.05) is 6.61 Å². The quantitative estimate of drug-likeness (QED) is 0.312. The lowest BCUT2D eigenvalue weighted by atomic mass is 9.75. The van der Waals surface area contributed by atoms with E-state index in [0.29, 0.717) is 16.3 Å². The normalized spacial score (nSPS) is 31.1. The maximum Gasteiger partial charge on any atom is 0.329 e. The summed E-state index contributed by atoms with van der Waals surface area (Å²) in [6.45, 7) is -0.807. The molecule has 4 atom stereocenters. The minimum Gasteiger partial charge on any atom is -0.481 e. The van der Waals surface area contributed by atoms with Crippen LogP contribution in [0.25, 0.3) is 0 Å². The van der Waals surface area contributed by atoms with Gasteiger partial charge in [0, 0.05) is 6.20 Å². The van der Waals surface area contributed by atoms with Crippen LogP contribution >= 0.6 is 23.4 Å². The molecule has 0 aliphatic carbocycles. The van der Waals surface area contributed by atoms with Gasteiger partial charge in [-0.05, 0) is 0 Å². The van der Waals surface area contributed by atoms with Gasteiger partial charge in [0.25, 0.3) is 5.56 Å². The highest BCUT2D eigenvalue weighted by Gasteiger charge is 2.67. The van der Waals surface area contributed by atoms with Gasteiger partial charge in [-0.15, -0.1) is 11.8 Å². The van der Waals surface area contributed by atoms with Gasteiger partial charge in [0.2, 0.25) is 0 Å². The third-order valence-electron chi connectivity index (χ3n) is 4.17. The number of nitrogens with zero attached hydrogens (tertiary/aromatic N) is 1. The first-order valence-corrected chi connectivity index (χ1v) is 8.44. The second-order valence-corrected chi connectivity index (χ2v) is 7.49. The lowest BCUT2D eigenvalue weighted by molar-refractivity contribution is -0.185. The second-order valence-electron chi connectivity index (χ2n) is 5.79. The summed E-state index contributed by atoms with van der Waals surface area (Å²) in [5.74, 6) is -3.13. The lowest BCUT2D eigenvalue weighted by Crippen LogP contribution is -2.61.